The fraction of sp³-hybridized carbons (Fsp3) is 0.692. The Hall–Kier alpha value is -0.355. The minimum atomic E-state index is -1.38. The predicted molar refractivity (Wildman–Crippen MR) is 77.5 cm³/mol. The van der Waals surface area contributed by atoms with Gasteiger partial charge >= 0.3 is 7.12 Å². The first-order valence-electron chi connectivity index (χ1n) is 6.53. The van der Waals surface area contributed by atoms with Crippen LogP contribution in [0, 0.1) is 0 Å². The van der Waals surface area contributed by atoms with Gasteiger partial charge in [-0.15, -0.1) is 11.3 Å². The molecule has 0 radical (unpaired) electrons. The number of unbranched alkanes of at least 4 members (excludes halogenated alkanes) is 1. The van der Waals surface area contributed by atoms with Crippen molar-refractivity contribution >= 4 is 23.2 Å². The summed E-state index contributed by atoms with van der Waals surface area (Å²) >= 11 is 1.45. The van der Waals surface area contributed by atoms with Gasteiger partial charge in [-0.25, -0.2) is 0 Å². The molecule has 1 unspecified atom stereocenters. The van der Waals surface area contributed by atoms with E-state index in [9.17, 15) is 10.0 Å². The molecule has 1 heterocycles. The normalized spacial score (nSPS) is 13.1. The molecular weight excluding hydrogens is 247 g/mol. The second-order valence-electron chi connectivity index (χ2n) is 4.86. The molecule has 1 aromatic rings. The number of hydrogen-bond donors (Lipinski definition) is 2. The summed E-state index contributed by atoms with van der Waals surface area (Å²) in [4.78, 5) is 1.14. The van der Waals surface area contributed by atoms with E-state index in [4.69, 9.17) is 4.74 Å². The van der Waals surface area contributed by atoms with Crippen molar-refractivity contribution in [3.8, 4) is 0 Å². The Labute approximate surface area is 114 Å². The molecule has 0 saturated carbocycles. The maximum Gasteiger partial charge on any atom is 0.499 e. The van der Waals surface area contributed by atoms with Gasteiger partial charge in [-0.05, 0) is 24.0 Å². The van der Waals surface area contributed by atoms with E-state index >= 15 is 0 Å². The zero-order valence-corrected chi connectivity index (χ0v) is 12.5. The van der Waals surface area contributed by atoms with E-state index in [0.717, 1.165) is 24.1 Å². The molecule has 0 fully saturated rings. The van der Waals surface area contributed by atoms with Crippen molar-refractivity contribution in [2.75, 3.05) is 7.11 Å². The van der Waals surface area contributed by atoms with Crippen molar-refractivity contribution in [1.82, 2.24) is 0 Å². The summed E-state index contributed by atoms with van der Waals surface area (Å²) in [5, 5.41) is 18.6. The van der Waals surface area contributed by atoms with Crippen molar-refractivity contribution in [2.45, 2.75) is 52.1 Å². The first kappa shape index (κ1) is 15.7. The van der Waals surface area contributed by atoms with Crippen molar-refractivity contribution in [3.63, 3.8) is 0 Å². The zero-order valence-electron chi connectivity index (χ0n) is 11.6. The van der Waals surface area contributed by atoms with Crippen molar-refractivity contribution < 1.29 is 14.8 Å². The Morgan fingerprint density at radius 3 is 2.50 bits per heavy atom. The van der Waals surface area contributed by atoms with E-state index in [1.54, 1.807) is 7.11 Å². The first-order chi connectivity index (χ1) is 8.51. The van der Waals surface area contributed by atoms with E-state index < -0.39 is 7.12 Å². The van der Waals surface area contributed by atoms with Crippen LogP contribution in [-0.4, -0.2) is 24.3 Å². The van der Waals surface area contributed by atoms with Gasteiger partial charge in [-0.2, -0.15) is 0 Å². The van der Waals surface area contributed by atoms with E-state index in [1.807, 2.05) is 6.07 Å². The van der Waals surface area contributed by atoms with Gasteiger partial charge in [0.1, 0.15) is 0 Å². The molecule has 2 N–H and O–H groups in total. The summed E-state index contributed by atoms with van der Waals surface area (Å²) in [5.74, 6) is 0.364. The Morgan fingerprint density at radius 2 is 2.06 bits per heavy atom. The van der Waals surface area contributed by atoms with Gasteiger partial charge in [0, 0.05) is 16.8 Å². The molecule has 0 amide bonds. The molecule has 18 heavy (non-hydrogen) atoms. The summed E-state index contributed by atoms with van der Waals surface area (Å²) in [5.41, 5.74) is 1.17. The SMILES string of the molecule is CCCCC(OC)c1sc(B(O)O)cc1C(C)C. The summed E-state index contributed by atoms with van der Waals surface area (Å²) in [6, 6.07) is 1.90. The molecule has 1 aromatic heterocycles. The van der Waals surface area contributed by atoms with Crippen LogP contribution in [0.1, 0.15) is 62.5 Å². The highest BCUT2D eigenvalue weighted by Gasteiger charge is 2.24. The Balaban J connectivity index is 3.02. The standard InChI is InChI=1S/C13H23BO3S/c1-5-6-7-11(17-4)13-10(9(2)3)8-12(18-13)14(15)16/h8-9,11,15-16H,5-7H2,1-4H3. The van der Waals surface area contributed by atoms with E-state index in [-0.39, 0.29) is 6.10 Å². The van der Waals surface area contributed by atoms with Crippen LogP contribution in [0.5, 0.6) is 0 Å². The maximum absolute atomic E-state index is 9.30. The van der Waals surface area contributed by atoms with Gasteiger partial charge in [-0.1, -0.05) is 33.6 Å². The van der Waals surface area contributed by atoms with Crippen LogP contribution >= 0.6 is 11.3 Å². The van der Waals surface area contributed by atoms with Crippen LogP contribution in [0.2, 0.25) is 0 Å². The fourth-order valence-corrected chi connectivity index (χ4v) is 3.32. The minimum absolute atomic E-state index is 0.0693. The average molecular weight is 270 g/mol. The Bertz CT molecular complexity index is 363. The monoisotopic (exact) mass is 270 g/mol. The van der Waals surface area contributed by atoms with Crippen molar-refractivity contribution in [3.05, 3.63) is 16.5 Å². The Kier molecular flexibility index (Phi) is 6.36. The lowest BCUT2D eigenvalue weighted by molar-refractivity contribution is 0.0956. The summed E-state index contributed by atoms with van der Waals surface area (Å²) in [6.07, 6.45) is 3.30. The lowest BCUT2D eigenvalue weighted by Crippen LogP contribution is -2.26. The van der Waals surface area contributed by atoms with Gasteiger partial charge in [-0.3, -0.25) is 0 Å². The number of methoxy groups -OCH3 is 1. The van der Waals surface area contributed by atoms with Crippen molar-refractivity contribution in [2.24, 2.45) is 0 Å². The molecular formula is C13H23BO3S. The van der Waals surface area contributed by atoms with Crippen LogP contribution in [-0.2, 0) is 4.74 Å². The van der Waals surface area contributed by atoms with Gasteiger partial charge in [0.25, 0.3) is 0 Å². The van der Waals surface area contributed by atoms with Crippen molar-refractivity contribution in [1.29, 1.82) is 0 Å². The molecule has 0 aliphatic carbocycles. The molecule has 102 valence electrons. The summed E-state index contributed by atoms with van der Waals surface area (Å²) in [7, 11) is 0.337. The quantitative estimate of drug-likeness (QED) is 0.748. The van der Waals surface area contributed by atoms with Gasteiger partial charge in [0.05, 0.1) is 6.10 Å². The molecule has 5 heteroatoms. The number of hydrogen-bond acceptors (Lipinski definition) is 4. The van der Waals surface area contributed by atoms with E-state index in [0.29, 0.717) is 10.7 Å². The highest BCUT2D eigenvalue weighted by atomic mass is 32.1. The minimum Gasteiger partial charge on any atom is -0.423 e. The molecule has 0 aromatic carbocycles. The molecule has 1 atom stereocenters. The van der Waals surface area contributed by atoms with Crippen LogP contribution in [0.3, 0.4) is 0 Å². The third-order valence-corrected chi connectivity index (χ3v) is 4.37. The molecule has 0 aliphatic rings. The van der Waals surface area contributed by atoms with Gasteiger partial charge in [0.15, 0.2) is 0 Å². The number of rotatable bonds is 7. The van der Waals surface area contributed by atoms with Crippen LogP contribution in [0.4, 0.5) is 0 Å². The highest BCUT2D eigenvalue weighted by molar-refractivity contribution is 7.22. The smallest absolute Gasteiger partial charge is 0.423 e. The van der Waals surface area contributed by atoms with Gasteiger partial charge < -0.3 is 14.8 Å². The first-order valence-corrected chi connectivity index (χ1v) is 7.35. The average Bonchev–Trinajstić information content (AvgIpc) is 2.75. The second kappa shape index (κ2) is 7.29. The Morgan fingerprint density at radius 1 is 1.39 bits per heavy atom. The second-order valence-corrected chi connectivity index (χ2v) is 5.98. The molecule has 0 spiro atoms. The third-order valence-electron chi connectivity index (χ3n) is 3.08. The van der Waals surface area contributed by atoms with Crippen LogP contribution < -0.4 is 4.78 Å². The van der Waals surface area contributed by atoms with E-state index in [2.05, 4.69) is 20.8 Å². The predicted octanol–water partition coefficient (Wildman–Crippen LogP) is 2.43. The topological polar surface area (TPSA) is 49.7 Å². The number of ether oxygens (including phenoxy) is 1. The van der Waals surface area contributed by atoms with E-state index in [1.165, 1.54) is 16.9 Å². The lowest BCUT2D eigenvalue weighted by Gasteiger charge is -2.17. The largest absolute Gasteiger partial charge is 0.499 e. The fourth-order valence-electron chi connectivity index (χ4n) is 2.02. The molecule has 3 nitrogen and oxygen atoms in total. The lowest BCUT2D eigenvalue weighted by atomic mass is 9.87. The summed E-state index contributed by atoms with van der Waals surface area (Å²) < 4.78 is 6.17. The molecule has 0 bridgehead atoms. The molecule has 1 rings (SSSR count). The number of thiophene rings is 1. The molecule has 0 aliphatic heterocycles. The maximum atomic E-state index is 9.30. The zero-order chi connectivity index (χ0) is 13.7. The van der Waals surface area contributed by atoms with Crippen LogP contribution in [0.15, 0.2) is 6.07 Å². The van der Waals surface area contributed by atoms with Gasteiger partial charge in [0.2, 0.25) is 0 Å². The van der Waals surface area contributed by atoms with Crippen LogP contribution in [0.25, 0.3) is 0 Å². The summed E-state index contributed by atoms with van der Waals surface area (Å²) in [6.45, 7) is 6.39. The molecule has 0 saturated heterocycles. The third kappa shape index (κ3) is 3.82. The highest BCUT2D eigenvalue weighted by Crippen LogP contribution is 2.33.